The number of aliphatic hydroxyl groups excluding tert-OH is 1. The average molecular weight is 266 g/mol. The van der Waals surface area contributed by atoms with E-state index in [-0.39, 0.29) is 0 Å². The SMILES string of the molecule is OCC1CCCN1CCCCNC1CC2CCC1C2. The highest BCUT2D eigenvalue weighted by Crippen LogP contribution is 2.44. The number of fused-ring (bicyclic) bond motifs is 2. The number of hydrogen-bond acceptors (Lipinski definition) is 3. The van der Waals surface area contributed by atoms with Crippen LogP contribution in [-0.4, -0.2) is 48.3 Å². The third kappa shape index (κ3) is 3.32. The molecule has 0 aromatic heterocycles. The Morgan fingerprint density at radius 3 is 2.79 bits per heavy atom. The Morgan fingerprint density at radius 1 is 1.11 bits per heavy atom. The molecule has 4 atom stereocenters. The second kappa shape index (κ2) is 6.55. The van der Waals surface area contributed by atoms with Crippen LogP contribution in [0.15, 0.2) is 0 Å². The highest BCUT2D eigenvalue weighted by molar-refractivity contribution is 4.93. The molecule has 0 aromatic carbocycles. The first-order valence-corrected chi connectivity index (χ1v) is 8.45. The molecule has 3 heteroatoms. The van der Waals surface area contributed by atoms with E-state index in [9.17, 15) is 5.11 Å². The van der Waals surface area contributed by atoms with Crippen LogP contribution in [-0.2, 0) is 0 Å². The number of hydrogen-bond donors (Lipinski definition) is 2. The summed E-state index contributed by atoms with van der Waals surface area (Å²) in [4.78, 5) is 2.48. The molecule has 3 nitrogen and oxygen atoms in total. The molecule has 2 bridgehead atoms. The molecular formula is C16H30N2O. The molecule has 1 aliphatic heterocycles. The third-order valence-corrected chi connectivity index (χ3v) is 5.73. The van der Waals surface area contributed by atoms with Crippen LogP contribution in [0.1, 0.15) is 51.4 Å². The zero-order chi connectivity index (χ0) is 13.1. The van der Waals surface area contributed by atoms with Gasteiger partial charge in [-0.25, -0.2) is 0 Å². The fourth-order valence-corrected chi connectivity index (χ4v) is 4.62. The molecule has 3 rings (SSSR count). The summed E-state index contributed by atoms with van der Waals surface area (Å²) in [7, 11) is 0. The summed E-state index contributed by atoms with van der Waals surface area (Å²) in [6.07, 6.45) is 11.0. The highest BCUT2D eigenvalue weighted by Gasteiger charge is 2.38. The van der Waals surface area contributed by atoms with Crippen molar-refractivity contribution in [2.24, 2.45) is 11.8 Å². The van der Waals surface area contributed by atoms with Crippen molar-refractivity contribution in [1.82, 2.24) is 10.2 Å². The second-order valence-electron chi connectivity index (χ2n) is 6.96. The van der Waals surface area contributed by atoms with Gasteiger partial charge in [-0.1, -0.05) is 6.42 Å². The molecule has 110 valence electrons. The third-order valence-electron chi connectivity index (χ3n) is 5.73. The van der Waals surface area contributed by atoms with Gasteiger partial charge in [-0.2, -0.15) is 0 Å². The maximum absolute atomic E-state index is 9.29. The topological polar surface area (TPSA) is 35.5 Å². The molecule has 3 aliphatic rings. The maximum Gasteiger partial charge on any atom is 0.0586 e. The van der Waals surface area contributed by atoms with E-state index in [0.29, 0.717) is 12.6 Å². The van der Waals surface area contributed by atoms with Gasteiger partial charge >= 0.3 is 0 Å². The smallest absolute Gasteiger partial charge is 0.0586 e. The molecule has 0 radical (unpaired) electrons. The van der Waals surface area contributed by atoms with Gasteiger partial charge in [0.1, 0.15) is 0 Å². The van der Waals surface area contributed by atoms with Crippen LogP contribution < -0.4 is 5.32 Å². The first-order valence-electron chi connectivity index (χ1n) is 8.45. The lowest BCUT2D eigenvalue weighted by Crippen LogP contribution is -2.35. The van der Waals surface area contributed by atoms with Gasteiger partial charge in [0.2, 0.25) is 0 Å². The summed E-state index contributed by atoms with van der Waals surface area (Å²) < 4.78 is 0. The number of rotatable bonds is 7. The molecule has 2 saturated carbocycles. The summed E-state index contributed by atoms with van der Waals surface area (Å²) >= 11 is 0. The Labute approximate surface area is 117 Å². The quantitative estimate of drug-likeness (QED) is 0.692. The summed E-state index contributed by atoms with van der Waals surface area (Å²) in [5.41, 5.74) is 0. The van der Waals surface area contributed by atoms with E-state index in [0.717, 1.165) is 17.9 Å². The van der Waals surface area contributed by atoms with Crippen LogP contribution in [0.5, 0.6) is 0 Å². The van der Waals surface area contributed by atoms with Gasteiger partial charge in [0.05, 0.1) is 6.61 Å². The van der Waals surface area contributed by atoms with Crippen LogP contribution in [0.25, 0.3) is 0 Å². The van der Waals surface area contributed by atoms with E-state index in [1.54, 1.807) is 0 Å². The Kier molecular flexibility index (Phi) is 4.78. The van der Waals surface area contributed by atoms with Crippen LogP contribution in [0.3, 0.4) is 0 Å². The Bertz CT molecular complexity index is 276. The van der Waals surface area contributed by atoms with Crippen LogP contribution >= 0.6 is 0 Å². The zero-order valence-corrected chi connectivity index (χ0v) is 12.2. The van der Waals surface area contributed by atoms with Crippen molar-refractivity contribution in [3.63, 3.8) is 0 Å². The summed E-state index contributed by atoms with van der Waals surface area (Å²) in [6, 6.07) is 1.30. The normalized spacial score (nSPS) is 38.4. The lowest BCUT2D eigenvalue weighted by Gasteiger charge is -2.24. The molecule has 0 spiro atoms. The fourth-order valence-electron chi connectivity index (χ4n) is 4.62. The number of nitrogens with one attached hydrogen (secondary N) is 1. The van der Waals surface area contributed by atoms with Gasteiger partial charge in [-0.3, -0.25) is 4.90 Å². The van der Waals surface area contributed by atoms with E-state index >= 15 is 0 Å². The average Bonchev–Trinajstić information content (AvgIpc) is 3.14. The van der Waals surface area contributed by atoms with Gasteiger partial charge in [0.25, 0.3) is 0 Å². The molecule has 0 aromatic rings. The molecule has 1 saturated heterocycles. The molecule has 2 N–H and O–H groups in total. The van der Waals surface area contributed by atoms with E-state index < -0.39 is 0 Å². The molecule has 4 unspecified atom stereocenters. The number of likely N-dealkylation sites (tertiary alicyclic amines) is 1. The molecule has 2 aliphatic carbocycles. The van der Waals surface area contributed by atoms with Gasteiger partial charge in [-0.05, 0) is 76.4 Å². The first kappa shape index (κ1) is 13.8. The Morgan fingerprint density at radius 2 is 2.05 bits per heavy atom. The first-order chi connectivity index (χ1) is 9.36. The highest BCUT2D eigenvalue weighted by atomic mass is 16.3. The van der Waals surface area contributed by atoms with Gasteiger partial charge in [0, 0.05) is 12.1 Å². The molecular weight excluding hydrogens is 236 g/mol. The lowest BCUT2D eigenvalue weighted by molar-refractivity contribution is 0.157. The number of unbranched alkanes of at least 4 members (excludes halogenated alkanes) is 1. The predicted octanol–water partition coefficient (Wildman–Crippen LogP) is 2.00. The largest absolute Gasteiger partial charge is 0.395 e. The minimum atomic E-state index is 0.351. The fraction of sp³-hybridized carbons (Fsp3) is 1.00. The van der Waals surface area contributed by atoms with Crippen LogP contribution in [0.4, 0.5) is 0 Å². The van der Waals surface area contributed by atoms with Crippen LogP contribution in [0, 0.1) is 11.8 Å². The number of aliphatic hydroxyl groups is 1. The van der Waals surface area contributed by atoms with E-state index in [2.05, 4.69) is 10.2 Å². The minimum Gasteiger partial charge on any atom is -0.395 e. The molecule has 3 fully saturated rings. The van der Waals surface area contributed by atoms with Gasteiger partial charge in [-0.15, -0.1) is 0 Å². The predicted molar refractivity (Wildman–Crippen MR) is 78.2 cm³/mol. The summed E-state index contributed by atoms with van der Waals surface area (Å²) in [6.45, 7) is 3.93. The van der Waals surface area contributed by atoms with Crippen molar-refractivity contribution in [2.75, 3.05) is 26.2 Å². The van der Waals surface area contributed by atoms with E-state index in [1.807, 2.05) is 0 Å². The Hall–Kier alpha value is -0.120. The lowest BCUT2D eigenvalue weighted by atomic mass is 9.95. The number of nitrogens with zero attached hydrogens (tertiary/aromatic N) is 1. The van der Waals surface area contributed by atoms with Gasteiger partial charge in [0.15, 0.2) is 0 Å². The monoisotopic (exact) mass is 266 g/mol. The van der Waals surface area contributed by atoms with Crippen molar-refractivity contribution in [3.8, 4) is 0 Å². The summed E-state index contributed by atoms with van der Waals surface area (Å²) in [5, 5.41) is 13.1. The van der Waals surface area contributed by atoms with Gasteiger partial charge < -0.3 is 10.4 Å². The van der Waals surface area contributed by atoms with Crippen molar-refractivity contribution in [2.45, 2.75) is 63.5 Å². The van der Waals surface area contributed by atoms with Crippen molar-refractivity contribution < 1.29 is 5.11 Å². The second-order valence-corrected chi connectivity index (χ2v) is 6.96. The maximum atomic E-state index is 9.29. The Balaban J connectivity index is 1.25. The standard InChI is InChI=1S/C16H30N2O/c19-12-15-4-3-9-18(15)8-2-1-7-17-16-11-13-5-6-14(16)10-13/h13-17,19H,1-12H2. The van der Waals surface area contributed by atoms with Crippen molar-refractivity contribution >= 4 is 0 Å². The zero-order valence-electron chi connectivity index (χ0n) is 12.2. The molecule has 19 heavy (non-hydrogen) atoms. The summed E-state index contributed by atoms with van der Waals surface area (Å²) in [5.74, 6) is 2.06. The van der Waals surface area contributed by atoms with Crippen molar-refractivity contribution in [3.05, 3.63) is 0 Å². The molecule has 0 amide bonds. The van der Waals surface area contributed by atoms with Crippen LogP contribution in [0.2, 0.25) is 0 Å². The van der Waals surface area contributed by atoms with Crippen molar-refractivity contribution in [1.29, 1.82) is 0 Å². The minimum absolute atomic E-state index is 0.351. The van der Waals surface area contributed by atoms with E-state index in [4.69, 9.17) is 0 Å². The molecule has 1 heterocycles. The van der Waals surface area contributed by atoms with E-state index in [1.165, 1.54) is 71.0 Å².